The van der Waals surface area contributed by atoms with Crippen LogP contribution >= 0.6 is 11.8 Å². The van der Waals surface area contributed by atoms with Crippen LogP contribution in [0.1, 0.15) is 30.5 Å². The third-order valence-corrected chi connectivity index (χ3v) is 3.94. The molecular formula is C16H27N3OS. The lowest BCUT2D eigenvalue weighted by Crippen LogP contribution is -2.39. The minimum absolute atomic E-state index is 0.131. The molecule has 0 aliphatic heterocycles. The van der Waals surface area contributed by atoms with Gasteiger partial charge in [0.1, 0.15) is 5.75 Å². The van der Waals surface area contributed by atoms with Gasteiger partial charge in [-0.25, -0.2) is 0 Å². The van der Waals surface area contributed by atoms with Crippen LogP contribution in [0, 0.1) is 6.92 Å². The molecular weight excluding hydrogens is 282 g/mol. The van der Waals surface area contributed by atoms with Gasteiger partial charge in [0.15, 0.2) is 5.96 Å². The Bertz CT molecular complexity index is 463. The van der Waals surface area contributed by atoms with Gasteiger partial charge in [0.25, 0.3) is 0 Å². The molecule has 0 bridgehead atoms. The Morgan fingerprint density at radius 2 is 2.19 bits per heavy atom. The van der Waals surface area contributed by atoms with Crippen LogP contribution in [-0.2, 0) is 0 Å². The number of guanidine groups is 1. The molecule has 0 spiro atoms. The van der Waals surface area contributed by atoms with Crippen molar-refractivity contribution in [3.05, 3.63) is 29.3 Å². The van der Waals surface area contributed by atoms with E-state index < -0.39 is 0 Å². The fraction of sp³-hybridized carbons (Fsp3) is 0.562. The van der Waals surface area contributed by atoms with E-state index in [1.54, 1.807) is 14.2 Å². The molecule has 2 N–H and O–H groups in total. The van der Waals surface area contributed by atoms with Crippen LogP contribution in [0.4, 0.5) is 0 Å². The maximum Gasteiger partial charge on any atom is 0.191 e. The summed E-state index contributed by atoms with van der Waals surface area (Å²) < 4.78 is 5.45. The number of nitrogens with one attached hydrogen (secondary N) is 2. The van der Waals surface area contributed by atoms with Crippen molar-refractivity contribution >= 4 is 17.7 Å². The number of nitrogens with zero attached hydrogens (tertiary/aromatic N) is 1. The van der Waals surface area contributed by atoms with Crippen molar-refractivity contribution in [1.82, 2.24) is 10.6 Å². The van der Waals surface area contributed by atoms with Gasteiger partial charge in [0, 0.05) is 19.2 Å². The molecule has 1 aromatic carbocycles. The zero-order chi connectivity index (χ0) is 15.7. The standard InChI is InChI=1S/C16H27N3OS/c1-12-7-8-15(20-4)14(11-12)13(2)19-16(17-3)18-9-6-10-21-5/h7-8,11,13H,6,9-10H2,1-5H3,(H2,17,18,19). The number of ether oxygens (including phenoxy) is 1. The van der Waals surface area contributed by atoms with Gasteiger partial charge in [-0.3, -0.25) is 4.99 Å². The Balaban J connectivity index is 2.66. The molecule has 0 amide bonds. The number of rotatable bonds is 7. The summed E-state index contributed by atoms with van der Waals surface area (Å²) in [6.07, 6.45) is 3.25. The predicted molar refractivity (Wildman–Crippen MR) is 93.6 cm³/mol. The molecule has 0 saturated heterocycles. The van der Waals surface area contributed by atoms with Crippen molar-refractivity contribution in [1.29, 1.82) is 0 Å². The van der Waals surface area contributed by atoms with Crippen molar-refractivity contribution in [3.63, 3.8) is 0 Å². The van der Waals surface area contributed by atoms with Crippen molar-refractivity contribution in [3.8, 4) is 5.75 Å². The van der Waals surface area contributed by atoms with E-state index in [1.807, 2.05) is 17.8 Å². The maximum atomic E-state index is 5.45. The second-order valence-electron chi connectivity index (χ2n) is 4.96. The molecule has 1 aromatic rings. The molecule has 0 heterocycles. The van der Waals surface area contributed by atoms with Gasteiger partial charge >= 0.3 is 0 Å². The molecule has 4 nitrogen and oxygen atoms in total. The van der Waals surface area contributed by atoms with Crippen molar-refractivity contribution in [2.24, 2.45) is 4.99 Å². The second-order valence-corrected chi connectivity index (χ2v) is 5.94. The minimum Gasteiger partial charge on any atom is -0.496 e. The quantitative estimate of drug-likeness (QED) is 0.462. The Labute approximate surface area is 132 Å². The third kappa shape index (κ3) is 5.87. The molecule has 118 valence electrons. The Hall–Kier alpha value is -1.36. The highest BCUT2D eigenvalue weighted by Crippen LogP contribution is 2.25. The summed E-state index contributed by atoms with van der Waals surface area (Å²) in [7, 11) is 3.50. The lowest BCUT2D eigenvalue weighted by molar-refractivity contribution is 0.405. The Morgan fingerprint density at radius 1 is 1.43 bits per heavy atom. The van der Waals surface area contributed by atoms with Gasteiger partial charge < -0.3 is 15.4 Å². The van der Waals surface area contributed by atoms with E-state index in [4.69, 9.17) is 4.74 Å². The largest absolute Gasteiger partial charge is 0.496 e. The first kappa shape index (κ1) is 17.7. The molecule has 0 aliphatic carbocycles. The molecule has 0 radical (unpaired) electrons. The van der Waals surface area contributed by atoms with E-state index in [-0.39, 0.29) is 6.04 Å². The van der Waals surface area contributed by atoms with Crippen LogP contribution in [0.15, 0.2) is 23.2 Å². The Morgan fingerprint density at radius 3 is 2.81 bits per heavy atom. The van der Waals surface area contributed by atoms with Crippen molar-refractivity contribution in [2.75, 3.05) is 32.7 Å². The number of methoxy groups -OCH3 is 1. The zero-order valence-corrected chi connectivity index (χ0v) is 14.5. The normalized spacial score (nSPS) is 12.9. The van der Waals surface area contributed by atoms with Gasteiger partial charge in [0.05, 0.1) is 13.2 Å². The van der Waals surface area contributed by atoms with Crippen LogP contribution in [0.25, 0.3) is 0 Å². The molecule has 5 heteroatoms. The summed E-state index contributed by atoms with van der Waals surface area (Å²) in [5.41, 5.74) is 2.37. The summed E-state index contributed by atoms with van der Waals surface area (Å²) in [4.78, 5) is 4.28. The highest BCUT2D eigenvalue weighted by atomic mass is 32.2. The first-order valence-corrected chi connectivity index (χ1v) is 8.62. The number of thioether (sulfide) groups is 1. The highest BCUT2D eigenvalue weighted by molar-refractivity contribution is 7.98. The van der Waals surface area contributed by atoms with Crippen LogP contribution in [0.3, 0.4) is 0 Å². The molecule has 1 rings (SSSR count). The second kappa shape index (κ2) is 9.55. The van der Waals surface area contributed by atoms with Crippen LogP contribution in [0.5, 0.6) is 5.75 Å². The average Bonchev–Trinajstić information content (AvgIpc) is 2.50. The predicted octanol–water partition coefficient (Wildman–Crippen LogP) is 2.98. The summed E-state index contributed by atoms with van der Waals surface area (Å²) in [6.45, 7) is 5.13. The van der Waals surface area contributed by atoms with E-state index in [9.17, 15) is 0 Å². The smallest absolute Gasteiger partial charge is 0.191 e. The molecule has 1 unspecified atom stereocenters. The molecule has 21 heavy (non-hydrogen) atoms. The molecule has 0 aromatic heterocycles. The van der Waals surface area contributed by atoms with Gasteiger partial charge in [-0.15, -0.1) is 0 Å². The summed E-state index contributed by atoms with van der Waals surface area (Å²) >= 11 is 1.86. The fourth-order valence-corrected chi connectivity index (χ4v) is 2.53. The number of hydrogen-bond acceptors (Lipinski definition) is 3. The van der Waals surface area contributed by atoms with Crippen molar-refractivity contribution in [2.45, 2.75) is 26.3 Å². The maximum absolute atomic E-state index is 5.45. The summed E-state index contributed by atoms with van der Waals surface area (Å²) in [5.74, 6) is 2.89. The summed E-state index contributed by atoms with van der Waals surface area (Å²) in [6, 6.07) is 6.35. The monoisotopic (exact) mass is 309 g/mol. The first-order chi connectivity index (χ1) is 10.1. The van der Waals surface area contributed by atoms with Crippen LogP contribution < -0.4 is 15.4 Å². The van der Waals surface area contributed by atoms with Gasteiger partial charge in [-0.1, -0.05) is 17.7 Å². The van der Waals surface area contributed by atoms with E-state index in [0.717, 1.165) is 36.0 Å². The van der Waals surface area contributed by atoms with Crippen molar-refractivity contribution < 1.29 is 4.74 Å². The zero-order valence-electron chi connectivity index (χ0n) is 13.7. The Kier molecular flexibility index (Phi) is 8.05. The third-order valence-electron chi connectivity index (χ3n) is 3.25. The lowest BCUT2D eigenvalue weighted by atomic mass is 10.0. The van der Waals surface area contributed by atoms with E-state index in [2.05, 4.69) is 47.9 Å². The van der Waals surface area contributed by atoms with Gasteiger partial charge in [-0.05, 0) is 38.3 Å². The number of aryl methyl sites for hydroxylation is 1. The fourth-order valence-electron chi connectivity index (χ4n) is 2.09. The molecule has 0 fully saturated rings. The van der Waals surface area contributed by atoms with Crippen LogP contribution in [-0.4, -0.2) is 38.7 Å². The van der Waals surface area contributed by atoms with Gasteiger partial charge in [0.2, 0.25) is 0 Å². The highest BCUT2D eigenvalue weighted by Gasteiger charge is 2.13. The SMILES string of the molecule is CN=C(NCCCSC)NC(C)c1cc(C)ccc1OC. The van der Waals surface area contributed by atoms with Gasteiger partial charge in [-0.2, -0.15) is 11.8 Å². The molecule has 0 saturated carbocycles. The number of aliphatic imine (C=N–C) groups is 1. The van der Waals surface area contributed by atoms with E-state index in [1.165, 1.54) is 5.56 Å². The first-order valence-electron chi connectivity index (χ1n) is 7.23. The average molecular weight is 309 g/mol. The topological polar surface area (TPSA) is 45.7 Å². The number of hydrogen-bond donors (Lipinski definition) is 2. The summed E-state index contributed by atoms with van der Waals surface area (Å²) in [5, 5.41) is 6.76. The van der Waals surface area contributed by atoms with E-state index >= 15 is 0 Å². The number of benzene rings is 1. The molecule has 0 aliphatic rings. The van der Waals surface area contributed by atoms with E-state index in [0.29, 0.717) is 0 Å². The molecule has 1 atom stereocenters. The minimum atomic E-state index is 0.131. The van der Waals surface area contributed by atoms with Crippen LogP contribution in [0.2, 0.25) is 0 Å². The lowest BCUT2D eigenvalue weighted by Gasteiger charge is -2.20.